The molecule has 1 unspecified atom stereocenters. The molecule has 1 amide bonds. The number of nitrogens with zero attached hydrogens (tertiary/aromatic N) is 1. The number of hydrogen-bond donors (Lipinski definition) is 1. The van der Waals surface area contributed by atoms with E-state index in [2.05, 4.69) is 11.9 Å². The molecular formula is C16H20N2O2. The monoisotopic (exact) mass is 272 g/mol. The van der Waals surface area contributed by atoms with Gasteiger partial charge >= 0.3 is 0 Å². The van der Waals surface area contributed by atoms with Crippen LogP contribution < -0.4 is 5.32 Å². The topological polar surface area (TPSA) is 62.1 Å². The van der Waals surface area contributed by atoms with Gasteiger partial charge in [-0.25, -0.2) is 0 Å². The molecule has 0 aliphatic rings. The first-order valence-corrected chi connectivity index (χ1v) is 6.57. The molecule has 0 saturated carbocycles. The normalized spacial score (nSPS) is 11.4. The first-order chi connectivity index (χ1) is 9.63. The van der Waals surface area contributed by atoms with Crippen molar-refractivity contribution in [2.75, 3.05) is 19.8 Å². The Morgan fingerprint density at radius 1 is 1.45 bits per heavy atom. The van der Waals surface area contributed by atoms with Crippen LogP contribution in [0.2, 0.25) is 0 Å². The maximum Gasteiger partial charge on any atom is 0.237 e. The van der Waals surface area contributed by atoms with Crippen LogP contribution in [0.5, 0.6) is 0 Å². The van der Waals surface area contributed by atoms with Crippen LogP contribution in [-0.4, -0.2) is 25.7 Å². The molecule has 0 saturated heterocycles. The van der Waals surface area contributed by atoms with Crippen molar-refractivity contribution in [1.29, 1.82) is 5.26 Å². The molecule has 0 radical (unpaired) electrons. The van der Waals surface area contributed by atoms with Crippen molar-refractivity contribution < 1.29 is 9.53 Å². The maximum absolute atomic E-state index is 11.9. The Bertz CT molecular complexity index is 477. The molecule has 0 fully saturated rings. The Hall–Kier alpha value is -2.12. The van der Waals surface area contributed by atoms with Gasteiger partial charge in [-0.3, -0.25) is 4.79 Å². The van der Waals surface area contributed by atoms with E-state index in [0.29, 0.717) is 26.2 Å². The number of carbonyl (C=O) groups excluding carboxylic acids is 1. The average molecular weight is 272 g/mol. The lowest BCUT2D eigenvalue weighted by atomic mass is 10.00. The minimum absolute atomic E-state index is 0.254. The molecule has 20 heavy (non-hydrogen) atoms. The summed E-state index contributed by atoms with van der Waals surface area (Å²) in [6.07, 6.45) is 0.426. The number of nitriles is 1. The summed E-state index contributed by atoms with van der Waals surface area (Å²) in [4.78, 5) is 11.9. The van der Waals surface area contributed by atoms with Gasteiger partial charge in [-0.05, 0) is 18.9 Å². The molecule has 1 atom stereocenters. The smallest absolute Gasteiger partial charge is 0.237 e. The van der Waals surface area contributed by atoms with Crippen molar-refractivity contribution in [2.24, 2.45) is 5.92 Å². The summed E-state index contributed by atoms with van der Waals surface area (Å²) >= 11 is 0. The number of nitrogens with one attached hydrogen (secondary N) is 1. The van der Waals surface area contributed by atoms with Gasteiger partial charge in [-0.15, -0.1) is 0 Å². The zero-order valence-corrected chi connectivity index (χ0v) is 11.8. The molecule has 0 spiro atoms. The average Bonchev–Trinajstić information content (AvgIpc) is 2.45. The Labute approximate surface area is 120 Å². The first kappa shape index (κ1) is 15.9. The van der Waals surface area contributed by atoms with Gasteiger partial charge in [0.2, 0.25) is 5.91 Å². The van der Waals surface area contributed by atoms with Crippen molar-refractivity contribution in [3.8, 4) is 6.07 Å². The van der Waals surface area contributed by atoms with Crippen LogP contribution in [-0.2, 0) is 16.0 Å². The third-order valence-corrected chi connectivity index (χ3v) is 2.65. The van der Waals surface area contributed by atoms with E-state index in [-0.39, 0.29) is 5.91 Å². The largest absolute Gasteiger partial charge is 0.375 e. The molecular weight excluding hydrogens is 252 g/mol. The molecule has 0 bridgehead atoms. The molecule has 0 aromatic heterocycles. The highest BCUT2D eigenvalue weighted by molar-refractivity contribution is 5.81. The van der Waals surface area contributed by atoms with E-state index < -0.39 is 5.92 Å². The molecule has 1 rings (SSSR count). The third-order valence-electron chi connectivity index (χ3n) is 2.65. The third kappa shape index (κ3) is 6.17. The standard InChI is InChI=1S/C16H20N2O2/c1-13(2)12-20-9-8-18-16(19)15(11-17)10-14-6-4-3-5-7-14/h3-7,15H,1,8-10,12H2,2H3,(H,18,19). The maximum atomic E-state index is 11.9. The molecule has 4 nitrogen and oxygen atoms in total. The number of hydrogen-bond acceptors (Lipinski definition) is 3. The first-order valence-electron chi connectivity index (χ1n) is 6.57. The number of amides is 1. The van der Waals surface area contributed by atoms with Crippen molar-refractivity contribution in [3.05, 3.63) is 48.0 Å². The molecule has 0 heterocycles. The second-order valence-corrected chi connectivity index (χ2v) is 4.67. The van der Waals surface area contributed by atoms with Crippen LogP contribution in [0.1, 0.15) is 12.5 Å². The van der Waals surface area contributed by atoms with Gasteiger partial charge in [0.1, 0.15) is 5.92 Å². The van der Waals surface area contributed by atoms with E-state index in [1.807, 2.05) is 43.3 Å². The summed E-state index contributed by atoms with van der Waals surface area (Å²) in [5, 5.41) is 11.8. The summed E-state index contributed by atoms with van der Waals surface area (Å²) < 4.78 is 5.28. The number of benzene rings is 1. The fraction of sp³-hybridized carbons (Fsp3) is 0.375. The van der Waals surface area contributed by atoms with Gasteiger partial charge in [0.25, 0.3) is 0 Å². The summed E-state index contributed by atoms with van der Waals surface area (Å²) in [7, 11) is 0. The lowest BCUT2D eigenvalue weighted by Crippen LogP contribution is -2.33. The van der Waals surface area contributed by atoms with Gasteiger partial charge in [-0.1, -0.05) is 42.5 Å². The zero-order valence-electron chi connectivity index (χ0n) is 11.8. The van der Waals surface area contributed by atoms with E-state index in [0.717, 1.165) is 11.1 Å². The van der Waals surface area contributed by atoms with Crippen molar-refractivity contribution in [2.45, 2.75) is 13.3 Å². The predicted octanol–water partition coefficient (Wildman–Crippen LogP) is 2.08. The molecule has 0 aliphatic heterocycles. The van der Waals surface area contributed by atoms with E-state index in [4.69, 9.17) is 10.00 Å². The van der Waals surface area contributed by atoms with Crippen molar-refractivity contribution in [1.82, 2.24) is 5.32 Å². The summed E-state index contributed by atoms with van der Waals surface area (Å²) in [5.74, 6) is -0.922. The van der Waals surface area contributed by atoms with Crippen LogP contribution in [0, 0.1) is 17.2 Å². The Balaban J connectivity index is 2.33. The Kier molecular flexibility index (Phi) is 7.08. The predicted molar refractivity (Wildman–Crippen MR) is 77.9 cm³/mol. The number of rotatable bonds is 8. The van der Waals surface area contributed by atoms with Crippen molar-refractivity contribution >= 4 is 5.91 Å². The van der Waals surface area contributed by atoms with Gasteiger partial charge in [0, 0.05) is 6.54 Å². The highest BCUT2D eigenvalue weighted by Gasteiger charge is 2.17. The molecule has 1 aromatic rings. The lowest BCUT2D eigenvalue weighted by Gasteiger charge is -2.10. The molecule has 0 aliphatic carbocycles. The minimum atomic E-state index is -0.668. The molecule has 4 heteroatoms. The molecule has 1 N–H and O–H groups in total. The van der Waals surface area contributed by atoms with Gasteiger partial charge in [0.15, 0.2) is 0 Å². The summed E-state index contributed by atoms with van der Waals surface area (Å²) in [5.41, 5.74) is 1.92. The molecule has 106 valence electrons. The van der Waals surface area contributed by atoms with E-state index in [9.17, 15) is 4.79 Å². The van der Waals surface area contributed by atoms with Crippen LogP contribution in [0.3, 0.4) is 0 Å². The van der Waals surface area contributed by atoms with E-state index in [1.165, 1.54) is 0 Å². The van der Waals surface area contributed by atoms with Crippen molar-refractivity contribution in [3.63, 3.8) is 0 Å². The Morgan fingerprint density at radius 2 is 2.15 bits per heavy atom. The molecule has 1 aromatic carbocycles. The van der Waals surface area contributed by atoms with Gasteiger partial charge in [0.05, 0.1) is 19.3 Å². The van der Waals surface area contributed by atoms with E-state index >= 15 is 0 Å². The lowest BCUT2D eigenvalue weighted by molar-refractivity contribution is -0.123. The minimum Gasteiger partial charge on any atom is -0.375 e. The van der Waals surface area contributed by atoms with Crippen LogP contribution in [0.4, 0.5) is 0 Å². The number of carbonyl (C=O) groups is 1. The van der Waals surface area contributed by atoms with Gasteiger partial charge in [-0.2, -0.15) is 5.26 Å². The second-order valence-electron chi connectivity index (χ2n) is 4.67. The highest BCUT2D eigenvalue weighted by atomic mass is 16.5. The fourth-order valence-corrected chi connectivity index (χ4v) is 1.66. The fourth-order valence-electron chi connectivity index (χ4n) is 1.66. The summed E-state index contributed by atoms with van der Waals surface area (Å²) in [6, 6.07) is 11.6. The van der Waals surface area contributed by atoms with Crippen LogP contribution >= 0.6 is 0 Å². The SMILES string of the molecule is C=C(C)COCCNC(=O)C(C#N)Cc1ccccc1. The quantitative estimate of drug-likeness (QED) is 0.582. The highest BCUT2D eigenvalue weighted by Crippen LogP contribution is 2.08. The van der Waals surface area contributed by atoms with E-state index in [1.54, 1.807) is 0 Å². The second kappa shape index (κ2) is 8.89. The number of ether oxygens (including phenoxy) is 1. The zero-order chi connectivity index (χ0) is 14.8. The Morgan fingerprint density at radius 3 is 2.75 bits per heavy atom. The summed E-state index contributed by atoms with van der Waals surface area (Å²) in [6.45, 7) is 6.91. The van der Waals surface area contributed by atoms with Crippen LogP contribution in [0.15, 0.2) is 42.5 Å². The van der Waals surface area contributed by atoms with Crippen LogP contribution in [0.25, 0.3) is 0 Å². The van der Waals surface area contributed by atoms with Gasteiger partial charge < -0.3 is 10.1 Å².